The van der Waals surface area contributed by atoms with Gasteiger partial charge < -0.3 is 10.8 Å². The minimum atomic E-state index is -0.249. The first kappa shape index (κ1) is 10.8. The molecule has 0 aromatic rings. The third kappa shape index (κ3) is 6.19. The third-order valence-electron chi connectivity index (χ3n) is 1.30. The summed E-state index contributed by atoms with van der Waals surface area (Å²) < 4.78 is 0. The van der Waals surface area contributed by atoms with Crippen LogP contribution in [0.15, 0.2) is 0 Å². The van der Waals surface area contributed by atoms with Crippen LogP contribution in [0.2, 0.25) is 0 Å². The number of nitrogens with two attached hydrogens (primary N) is 1. The molecule has 3 nitrogen and oxygen atoms in total. The predicted octanol–water partition coefficient (Wildman–Crippen LogP) is 0.223. The molecule has 0 fully saturated rings. The van der Waals surface area contributed by atoms with Crippen molar-refractivity contribution in [2.24, 2.45) is 11.7 Å². The molecule has 0 rings (SSSR count). The average Bonchev–Trinajstić information content (AvgIpc) is 1.97. The lowest BCUT2D eigenvalue weighted by Crippen LogP contribution is -2.22. The molecule has 0 saturated heterocycles. The molecule has 0 saturated carbocycles. The number of amides is 1. The lowest BCUT2D eigenvalue weighted by Gasteiger charge is -2.04. The Morgan fingerprint density at radius 3 is 2.82 bits per heavy atom. The highest BCUT2D eigenvalue weighted by Crippen LogP contribution is 2.08. The zero-order valence-electron chi connectivity index (χ0n) is 6.75. The molecule has 1 unspecified atom stereocenters. The van der Waals surface area contributed by atoms with Crippen LogP contribution < -0.4 is 5.73 Å². The first-order valence-corrected chi connectivity index (χ1v) is 4.82. The van der Waals surface area contributed by atoms with E-state index in [1.807, 2.05) is 6.92 Å². The molecule has 0 aliphatic carbocycles. The Morgan fingerprint density at radius 1 is 1.73 bits per heavy atom. The topological polar surface area (TPSA) is 63.3 Å². The molecule has 0 aliphatic rings. The van der Waals surface area contributed by atoms with E-state index in [0.29, 0.717) is 0 Å². The minimum absolute atomic E-state index is 0.0568. The molecule has 0 aromatic heterocycles. The van der Waals surface area contributed by atoms with Gasteiger partial charge in [-0.15, -0.1) is 0 Å². The van der Waals surface area contributed by atoms with Gasteiger partial charge in [0.25, 0.3) is 0 Å². The Kier molecular flexibility index (Phi) is 6.36. The average molecular weight is 177 g/mol. The van der Waals surface area contributed by atoms with E-state index in [4.69, 9.17) is 10.8 Å². The van der Waals surface area contributed by atoms with Gasteiger partial charge >= 0.3 is 0 Å². The predicted molar refractivity (Wildman–Crippen MR) is 47.4 cm³/mol. The van der Waals surface area contributed by atoms with Crippen molar-refractivity contribution in [1.82, 2.24) is 0 Å². The van der Waals surface area contributed by atoms with E-state index in [9.17, 15) is 4.79 Å². The number of carbonyl (C=O) groups is 1. The summed E-state index contributed by atoms with van der Waals surface area (Å²) in [6.07, 6.45) is 0.788. The standard InChI is InChI=1S/C7H15NO2S/c1-6(7(8)10)5-11-4-2-3-9/h6,9H,2-5H2,1H3,(H2,8,10). The van der Waals surface area contributed by atoms with Gasteiger partial charge in [0.1, 0.15) is 0 Å². The Labute approximate surface area is 71.3 Å². The Morgan fingerprint density at radius 2 is 2.36 bits per heavy atom. The first-order valence-electron chi connectivity index (χ1n) is 3.66. The molecule has 11 heavy (non-hydrogen) atoms. The lowest BCUT2D eigenvalue weighted by molar-refractivity contribution is -0.120. The van der Waals surface area contributed by atoms with E-state index >= 15 is 0 Å². The summed E-state index contributed by atoms with van der Waals surface area (Å²) >= 11 is 1.65. The van der Waals surface area contributed by atoms with Gasteiger partial charge in [0.05, 0.1) is 0 Å². The minimum Gasteiger partial charge on any atom is -0.396 e. The molecule has 3 N–H and O–H groups in total. The van der Waals surface area contributed by atoms with Gasteiger partial charge in [-0.3, -0.25) is 4.79 Å². The molecule has 1 atom stereocenters. The van der Waals surface area contributed by atoms with Crippen molar-refractivity contribution in [2.45, 2.75) is 13.3 Å². The number of hydrogen-bond donors (Lipinski definition) is 2. The van der Waals surface area contributed by atoms with Gasteiger partial charge in [-0.1, -0.05) is 6.92 Å². The second kappa shape index (κ2) is 6.49. The van der Waals surface area contributed by atoms with Crippen molar-refractivity contribution in [3.63, 3.8) is 0 Å². The smallest absolute Gasteiger partial charge is 0.221 e. The number of carbonyl (C=O) groups excluding carboxylic acids is 1. The summed E-state index contributed by atoms with van der Waals surface area (Å²) in [6, 6.07) is 0. The van der Waals surface area contributed by atoms with Gasteiger partial charge in [-0.25, -0.2) is 0 Å². The number of primary amides is 1. The summed E-state index contributed by atoms with van der Waals surface area (Å²) in [5.41, 5.74) is 5.05. The Balaban J connectivity index is 3.17. The van der Waals surface area contributed by atoms with Crippen molar-refractivity contribution in [3.05, 3.63) is 0 Å². The zero-order valence-corrected chi connectivity index (χ0v) is 7.56. The van der Waals surface area contributed by atoms with Crippen LogP contribution in [0.25, 0.3) is 0 Å². The molecule has 0 spiro atoms. The third-order valence-corrected chi connectivity index (χ3v) is 2.61. The maximum Gasteiger partial charge on any atom is 0.221 e. The summed E-state index contributed by atoms with van der Waals surface area (Å²) in [5, 5.41) is 8.44. The molecule has 66 valence electrons. The Bertz CT molecular complexity index is 119. The number of aliphatic hydroxyl groups excluding tert-OH is 1. The van der Waals surface area contributed by atoms with Gasteiger partial charge in [0.2, 0.25) is 5.91 Å². The van der Waals surface area contributed by atoms with Crippen LogP contribution in [-0.2, 0) is 4.79 Å². The van der Waals surface area contributed by atoms with E-state index < -0.39 is 0 Å². The fraction of sp³-hybridized carbons (Fsp3) is 0.857. The van der Waals surface area contributed by atoms with Crippen LogP contribution in [0.1, 0.15) is 13.3 Å². The van der Waals surface area contributed by atoms with Crippen LogP contribution in [-0.4, -0.2) is 29.1 Å². The molecule has 0 heterocycles. The largest absolute Gasteiger partial charge is 0.396 e. The van der Waals surface area contributed by atoms with Crippen LogP contribution >= 0.6 is 11.8 Å². The van der Waals surface area contributed by atoms with Crippen LogP contribution in [0.5, 0.6) is 0 Å². The quantitative estimate of drug-likeness (QED) is 0.571. The molecular formula is C7H15NO2S. The molecule has 1 amide bonds. The number of hydrogen-bond acceptors (Lipinski definition) is 3. The van der Waals surface area contributed by atoms with Gasteiger partial charge in [0, 0.05) is 18.3 Å². The second-order valence-electron chi connectivity index (χ2n) is 2.46. The molecule has 0 aliphatic heterocycles. The molecule has 0 bridgehead atoms. The number of aliphatic hydroxyl groups is 1. The monoisotopic (exact) mass is 177 g/mol. The van der Waals surface area contributed by atoms with Crippen molar-refractivity contribution in [2.75, 3.05) is 18.1 Å². The van der Waals surface area contributed by atoms with Gasteiger partial charge in [-0.2, -0.15) is 11.8 Å². The van der Waals surface area contributed by atoms with Crippen molar-refractivity contribution in [1.29, 1.82) is 0 Å². The van der Waals surface area contributed by atoms with Crippen molar-refractivity contribution >= 4 is 17.7 Å². The molecule has 0 aromatic carbocycles. The Hall–Kier alpha value is -0.220. The maximum atomic E-state index is 10.5. The maximum absolute atomic E-state index is 10.5. The molecular weight excluding hydrogens is 162 g/mol. The summed E-state index contributed by atoms with van der Waals surface area (Å²) in [5.74, 6) is 1.35. The van der Waals surface area contributed by atoms with E-state index in [1.54, 1.807) is 11.8 Å². The number of thioether (sulfide) groups is 1. The highest BCUT2D eigenvalue weighted by molar-refractivity contribution is 7.99. The van der Waals surface area contributed by atoms with Gasteiger partial charge in [-0.05, 0) is 12.2 Å². The zero-order chi connectivity index (χ0) is 8.69. The normalized spacial score (nSPS) is 12.9. The van der Waals surface area contributed by atoms with E-state index in [-0.39, 0.29) is 18.4 Å². The summed E-state index contributed by atoms with van der Waals surface area (Å²) in [7, 11) is 0. The summed E-state index contributed by atoms with van der Waals surface area (Å²) in [6.45, 7) is 2.03. The highest BCUT2D eigenvalue weighted by atomic mass is 32.2. The number of rotatable bonds is 6. The lowest BCUT2D eigenvalue weighted by atomic mass is 10.2. The SMILES string of the molecule is CC(CSCCCO)C(N)=O. The fourth-order valence-electron chi connectivity index (χ4n) is 0.509. The second-order valence-corrected chi connectivity index (χ2v) is 3.61. The molecule has 4 heteroatoms. The van der Waals surface area contributed by atoms with Crippen LogP contribution in [0.3, 0.4) is 0 Å². The molecule has 0 radical (unpaired) electrons. The first-order chi connectivity index (χ1) is 5.18. The van der Waals surface area contributed by atoms with Crippen molar-refractivity contribution < 1.29 is 9.90 Å². The van der Waals surface area contributed by atoms with Crippen LogP contribution in [0.4, 0.5) is 0 Å². The van der Waals surface area contributed by atoms with Gasteiger partial charge in [0.15, 0.2) is 0 Å². The summed E-state index contributed by atoms with van der Waals surface area (Å²) in [4.78, 5) is 10.5. The van der Waals surface area contributed by atoms with E-state index in [1.165, 1.54) is 0 Å². The van der Waals surface area contributed by atoms with E-state index in [0.717, 1.165) is 17.9 Å². The highest BCUT2D eigenvalue weighted by Gasteiger charge is 2.07. The van der Waals surface area contributed by atoms with E-state index in [2.05, 4.69) is 0 Å². The van der Waals surface area contributed by atoms with Crippen LogP contribution in [0, 0.1) is 5.92 Å². The van der Waals surface area contributed by atoms with Crippen molar-refractivity contribution in [3.8, 4) is 0 Å². The fourth-order valence-corrected chi connectivity index (χ4v) is 1.53.